The van der Waals surface area contributed by atoms with Crippen LogP contribution in [0.5, 0.6) is 5.75 Å². The number of primary amides is 1. The average molecular weight is 343 g/mol. The van der Waals surface area contributed by atoms with Crippen LogP contribution in [0, 0.1) is 5.41 Å². The molecule has 0 heterocycles. The van der Waals surface area contributed by atoms with Crippen molar-refractivity contribution in [2.45, 2.75) is 26.9 Å². The predicted octanol–water partition coefficient (Wildman–Crippen LogP) is 1.84. The van der Waals surface area contributed by atoms with E-state index < -0.39 is 17.4 Å². The summed E-state index contributed by atoms with van der Waals surface area (Å²) in [7, 11) is 0. The molecule has 1 aromatic carbocycles. The fourth-order valence-electron chi connectivity index (χ4n) is 1.34. The normalized spacial score (nSPS) is 12.6. The molecule has 0 aliphatic heterocycles. The maximum Gasteiger partial charge on any atom is 0.260 e. The van der Waals surface area contributed by atoms with Gasteiger partial charge in [0.05, 0.1) is 5.41 Å². The Balaban J connectivity index is 2.54. The lowest BCUT2D eigenvalue weighted by Crippen LogP contribution is -2.45. The van der Waals surface area contributed by atoms with Crippen LogP contribution >= 0.6 is 15.9 Å². The summed E-state index contributed by atoms with van der Waals surface area (Å²) in [4.78, 5) is 23.1. The minimum absolute atomic E-state index is 0.174. The van der Waals surface area contributed by atoms with E-state index in [-0.39, 0.29) is 12.5 Å². The maximum atomic E-state index is 11.9. The molecule has 0 aliphatic carbocycles. The Hall–Kier alpha value is -1.56. The highest BCUT2D eigenvalue weighted by molar-refractivity contribution is 9.10. The summed E-state index contributed by atoms with van der Waals surface area (Å²) >= 11 is 3.33. The van der Waals surface area contributed by atoms with Gasteiger partial charge in [0.1, 0.15) is 5.75 Å². The van der Waals surface area contributed by atoms with Crippen LogP contribution in [-0.4, -0.2) is 24.5 Å². The minimum Gasteiger partial charge on any atom is -0.481 e. The van der Waals surface area contributed by atoms with Gasteiger partial charge in [0.15, 0.2) is 6.10 Å². The van der Waals surface area contributed by atoms with Gasteiger partial charge >= 0.3 is 0 Å². The largest absolute Gasteiger partial charge is 0.481 e. The second kappa shape index (κ2) is 6.74. The molecule has 0 aromatic heterocycles. The molecular formula is C14H19BrN2O3. The summed E-state index contributed by atoms with van der Waals surface area (Å²) in [5.41, 5.74) is 4.46. The molecule has 0 unspecified atom stereocenters. The van der Waals surface area contributed by atoms with Crippen LogP contribution in [0.1, 0.15) is 20.8 Å². The van der Waals surface area contributed by atoms with Crippen LogP contribution in [0.4, 0.5) is 0 Å². The molecule has 0 aliphatic rings. The van der Waals surface area contributed by atoms with E-state index in [4.69, 9.17) is 10.5 Å². The lowest BCUT2D eigenvalue weighted by molar-refractivity contribution is -0.129. The highest BCUT2D eigenvalue weighted by atomic mass is 79.9. The Kier molecular flexibility index (Phi) is 5.56. The summed E-state index contributed by atoms with van der Waals surface area (Å²) in [5.74, 6) is -0.158. The zero-order chi connectivity index (χ0) is 15.3. The Labute approximate surface area is 127 Å². The van der Waals surface area contributed by atoms with E-state index in [9.17, 15) is 9.59 Å². The van der Waals surface area contributed by atoms with Crippen molar-refractivity contribution in [3.05, 3.63) is 28.7 Å². The molecule has 1 aromatic rings. The Morgan fingerprint density at radius 3 is 2.65 bits per heavy atom. The fourth-order valence-corrected chi connectivity index (χ4v) is 1.72. The molecule has 1 rings (SSSR count). The van der Waals surface area contributed by atoms with Gasteiger partial charge in [0.2, 0.25) is 5.91 Å². The molecule has 0 bridgehead atoms. The number of hydrogen-bond acceptors (Lipinski definition) is 3. The Bertz CT molecular complexity index is 503. The standard InChI is InChI=1S/C14H19BrN2O3/c1-9(20-11-6-4-5-10(15)7-11)12(18)17-8-14(2,3)13(16)19/h4-7,9H,8H2,1-3H3,(H2,16,19)(H,17,18)/t9-/m0/s1. The number of carbonyl (C=O) groups excluding carboxylic acids is 2. The third-order valence-electron chi connectivity index (χ3n) is 2.85. The van der Waals surface area contributed by atoms with E-state index in [1.807, 2.05) is 12.1 Å². The molecule has 110 valence electrons. The first kappa shape index (κ1) is 16.5. The van der Waals surface area contributed by atoms with Crippen molar-refractivity contribution in [3.8, 4) is 5.75 Å². The topological polar surface area (TPSA) is 81.4 Å². The molecule has 0 spiro atoms. The fraction of sp³-hybridized carbons (Fsp3) is 0.429. The smallest absolute Gasteiger partial charge is 0.260 e. The number of nitrogens with two attached hydrogens (primary N) is 1. The molecular weight excluding hydrogens is 324 g/mol. The predicted molar refractivity (Wildman–Crippen MR) is 80.2 cm³/mol. The van der Waals surface area contributed by atoms with Crippen molar-refractivity contribution in [1.29, 1.82) is 0 Å². The lowest BCUT2D eigenvalue weighted by Gasteiger charge is -2.22. The molecule has 0 saturated carbocycles. The van der Waals surface area contributed by atoms with Gasteiger partial charge < -0.3 is 15.8 Å². The Morgan fingerprint density at radius 1 is 1.45 bits per heavy atom. The first-order chi connectivity index (χ1) is 9.22. The van der Waals surface area contributed by atoms with E-state index in [1.54, 1.807) is 32.9 Å². The molecule has 0 radical (unpaired) electrons. The number of ether oxygens (including phenoxy) is 1. The number of benzene rings is 1. The third-order valence-corrected chi connectivity index (χ3v) is 3.34. The van der Waals surface area contributed by atoms with Gasteiger partial charge in [-0.1, -0.05) is 22.0 Å². The summed E-state index contributed by atoms with van der Waals surface area (Å²) in [5, 5.41) is 2.66. The quantitative estimate of drug-likeness (QED) is 0.827. The molecule has 0 saturated heterocycles. The molecule has 5 nitrogen and oxygen atoms in total. The van der Waals surface area contributed by atoms with Gasteiger partial charge in [0, 0.05) is 11.0 Å². The van der Waals surface area contributed by atoms with E-state index in [0.29, 0.717) is 5.75 Å². The third kappa shape index (κ3) is 4.85. The van der Waals surface area contributed by atoms with Crippen LogP contribution < -0.4 is 15.8 Å². The number of rotatable bonds is 6. The minimum atomic E-state index is -0.787. The van der Waals surface area contributed by atoms with E-state index in [1.165, 1.54) is 0 Å². The second-order valence-corrected chi connectivity index (χ2v) is 6.10. The molecule has 3 N–H and O–H groups in total. The highest BCUT2D eigenvalue weighted by Crippen LogP contribution is 2.19. The zero-order valence-corrected chi connectivity index (χ0v) is 13.4. The van der Waals surface area contributed by atoms with Crippen molar-refractivity contribution in [2.24, 2.45) is 11.1 Å². The Morgan fingerprint density at radius 2 is 2.10 bits per heavy atom. The number of nitrogens with one attached hydrogen (secondary N) is 1. The summed E-state index contributed by atoms with van der Waals surface area (Å²) in [6.07, 6.45) is -0.659. The van der Waals surface area contributed by atoms with Crippen LogP contribution in [0.2, 0.25) is 0 Å². The van der Waals surface area contributed by atoms with Crippen LogP contribution in [0.25, 0.3) is 0 Å². The number of hydrogen-bond donors (Lipinski definition) is 2. The van der Waals surface area contributed by atoms with Crippen molar-refractivity contribution in [3.63, 3.8) is 0 Å². The molecule has 6 heteroatoms. The summed E-state index contributed by atoms with van der Waals surface area (Å²) in [6, 6.07) is 7.23. The summed E-state index contributed by atoms with van der Waals surface area (Å²) < 4.78 is 6.40. The number of amides is 2. The highest BCUT2D eigenvalue weighted by Gasteiger charge is 2.26. The van der Waals surface area contributed by atoms with E-state index in [2.05, 4.69) is 21.2 Å². The average Bonchev–Trinajstić information content (AvgIpc) is 2.35. The van der Waals surface area contributed by atoms with Gasteiger partial charge in [-0.15, -0.1) is 0 Å². The van der Waals surface area contributed by atoms with Gasteiger partial charge in [-0.2, -0.15) is 0 Å². The van der Waals surface area contributed by atoms with E-state index >= 15 is 0 Å². The molecule has 1 atom stereocenters. The van der Waals surface area contributed by atoms with Gasteiger partial charge in [0.25, 0.3) is 5.91 Å². The maximum absolute atomic E-state index is 11.9. The van der Waals surface area contributed by atoms with Gasteiger partial charge in [-0.25, -0.2) is 0 Å². The first-order valence-corrected chi connectivity index (χ1v) is 7.01. The van der Waals surface area contributed by atoms with Crippen molar-refractivity contribution < 1.29 is 14.3 Å². The van der Waals surface area contributed by atoms with Crippen LogP contribution in [-0.2, 0) is 9.59 Å². The van der Waals surface area contributed by atoms with Crippen molar-refractivity contribution in [1.82, 2.24) is 5.32 Å². The molecule has 0 fully saturated rings. The zero-order valence-electron chi connectivity index (χ0n) is 11.8. The molecule has 20 heavy (non-hydrogen) atoms. The van der Waals surface area contributed by atoms with E-state index in [0.717, 1.165) is 4.47 Å². The van der Waals surface area contributed by atoms with Crippen molar-refractivity contribution >= 4 is 27.7 Å². The molecule has 2 amide bonds. The first-order valence-electron chi connectivity index (χ1n) is 6.22. The van der Waals surface area contributed by atoms with Crippen LogP contribution in [0.3, 0.4) is 0 Å². The summed E-state index contributed by atoms with van der Waals surface area (Å²) in [6.45, 7) is 5.17. The second-order valence-electron chi connectivity index (χ2n) is 5.18. The van der Waals surface area contributed by atoms with Crippen LogP contribution in [0.15, 0.2) is 28.7 Å². The lowest BCUT2D eigenvalue weighted by atomic mass is 9.93. The number of halogens is 1. The van der Waals surface area contributed by atoms with Gasteiger partial charge in [-0.3, -0.25) is 9.59 Å². The van der Waals surface area contributed by atoms with Crippen molar-refractivity contribution in [2.75, 3.05) is 6.54 Å². The monoisotopic (exact) mass is 342 g/mol. The van der Waals surface area contributed by atoms with Gasteiger partial charge in [-0.05, 0) is 39.0 Å². The SMILES string of the molecule is C[C@H](Oc1cccc(Br)c1)C(=O)NCC(C)(C)C(N)=O. The number of carbonyl (C=O) groups is 2.